The van der Waals surface area contributed by atoms with E-state index >= 15 is 0 Å². The topological polar surface area (TPSA) is 73.6 Å². The summed E-state index contributed by atoms with van der Waals surface area (Å²) in [6.07, 6.45) is 0.956. The van der Waals surface area contributed by atoms with Crippen molar-refractivity contribution >= 4 is 18.3 Å². The Kier molecular flexibility index (Phi) is 6.59. The van der Waals surface area contributed by atoms with Gasteiger partial charge in [0.15, 0.2) is 0 Å². The first-order chi connectivity index (χ1) is 9.96. The molecule has 22 heavy (non-hydrogen) atoms. The molecule has 1 amide bonds. The number of ether oxygens (including phenoxy) is 2. The highest BCUT2D eigenvalue weighted by molar-refractivity contribution is 5.86. The maximum atomic E-state index is 13.4. The van der Waals surface area contributed by atoms with Crippen molar-refractivity contribution in [2.45, 2.75) is 31.3 Å². The molecule has 1 aromatic carbocycles. The van der Waals surface area contributed by atoms with Crippen LogP contribution in [0.15, 0.2) is 18.2 Å². The number of carbonyl (C=O) groups excluding carboxylic acids is 1. The lowest BCUT2D eigenvalue weighted by molar-refractivity contribution is -0.130. The van der Waals surface area contributed by atoms with Crippen LogP contribution in [0.3, 0.4) is 0 Å². The van der Waals surface area contributed by atoms with Crippen LogP contribution in [0.4, 0.5) is 4.39 Å². The number of methoxy groups -OCH3 is 1. The molecule has 1 atom stereocenters. The number of hydrogen-bond acceptors (Lipinski definition) is 4. The minimum atomic E-state index is -0.924. The van der Waals surface area contributed by atoms with Crippen molar-refractivity contribution in [2.75, 3.05) is 20.3 Å². The summed E-state index contributed by atoms with van der Waals surface area (Å²) >= 11 is 0. The van der Waals surface area contributed by atoms with Crippen LogP contribution < -0.4 is 15.8 Å². The van der Waals surface area contributed by atoms with E-state index in [4.69, 9.17) is 15.2 Å². The van der Waals surface area contributed by atoms with E-state index in [2.05, 4.69) is 5.32 Å². The van der Waals surface area contributed by atoms with Crippen molar-refractivity contribution in [1.29, 1.82) is 0 Å². The summed E-state index contributed by atoms with van der Waals surface area (Å²) in [7, 11) is 1.51. The Balaban J connectivity index is 0.00000242. The summed E-state index contributed by atoms with van der Waals surface area (Å²) in [6, 6.07) is 3.82. The van der Waals surface area contributed by atoms with E-state index in [9.17, 15) is 9.18 Å². The second kappa shape index (κ2) is 7.76. The maximum Gasteiger partial charge on any atom is 0.240 e. The van der Waals surface area contributed by atoms with Gasteiger partial charge in [0.25, 0.3) is 0 Å². The zero-order valence-corrected chi connectivity index (χ0v) is 13.5. The van der Waals surface area contributed by atoms with E-state index in [0.29, 0.717) is 37.4 Å². The molecular formula is C15H22ClFN2O3. The van der Waals surface area contributed by atoms with E-state index < -0.39 is 11.6 Å². The molecule has 3 N–H and O–H groups in total. The first kappa shape index (κ1) is 18.7. The van der Waals surface area contributed by atoms with Gasteiger partial charge in [-0.05, 0) is 38.0 Å². The highest BCUT2D eigenvalue weighted by atomic mass is 35.5. The summed E-state index contributed by atoms with van der Waals surface area (Å²) in [5, 5.41) is 2.84. The lowest BCUT2D eigenvalue weighted by Gasteiger charge is -2.33. The highest BCUT2D eigenvalue weighted by Gasteiger charge is 2.36. The van der Waals surface area contributed by atoms with E-state index in [0.717, 1.165) is 0 Å². The predicted octanol–water partition coefficient (Wildman–Crippen LogP) is 1.94. The highest BCUT2D eigenvalue weighted by Crippen LogP contribution is 2.27. The van der Waals surface area contributed by atoms with Gasteiger partial charge in [-0.2, -0.15) is 0 Å². The average molecular weight is 333 g/mol. The number of halogens is 2. The summed E-state index contributed by atoms with van der Waals surface area (Å²) in [4.78, 5) is 12.4. The molecule has 7 heteroatoms. The Hall–Kier alpha value is -1.37. The molecule has 1 aromatic rings. The van der Waals surface area contributed by atoms with Crippen molar-refractivity contribution < 1.29 is 18.7 Å². The maximum absolute atomic E-state index is 13.4. The fraction of sp³-hybridized carbons (Fsp3) is 0.533. The first-order valence-corrected chi connectivity index (χ1v) is 6.97. The van der Waals surface area contributed by atoms with Gasteiger partial charge in [0.1, 0.15) is 11.6 Å². The van der Waals surface area contributed by atoms with Gasteiger partial charge in [0.2, 0.25) is 5.91 Å². The molecule has 0 aliphatic carbocycles. The Bertz CT molecular complexity index is 522. The number of nitrogens with two attached hydrogens (primary N) is 1. The smallest absolute Gasteiger partial charge is 0.240 e. The Labute approximate surface area is 135 Å². The number of carbonyl (C=O) groups is 1. The molecule has 0 radical (unpaired) electrons. The Morgan fingerprint density at radius 1 is 1.45 bits per heavy atom. The summed E-state index contributed by atoms with van der Waals surface area (Å²) < 4.78 is 23.8. The van der Waals surface area contributed by atoms with Crippen molar-refractivity contribution in [3.05, 3.63) is 29.6 Å². The number of amides is 1. The molecule has 1 aliphatic heterocycles. The van der Waals surface area contributed by atoms with Gasteiger partial charge in [0, 0.05) is 18.8 Å². The third-order valence-corrected chi connectivity index (χ3v) is 3.84. The monoisotopic (exact) mass is 332 g/mol. The summed E-state index contributed by atoms with van der Waals surface area (Å²) in [5.41, 5.74) is 5.79. The molecule has 1 fully saturated rings. The molecule has 1 unspecified atom stereocenters. The van der Waals surface area contributed by atoms with E-state index in [1.54, 1.807) is 13.0 Å². The SMILES string of the molecule is COc1ccc(F)cc1C(C)NC(=O)C1(N)CCOCC1.Cl. The molecule has 1 aliphatic rings. The zero-order valence-electron chi connectivity index (χ0n) is 12.7. The molecule has 0 saturated carbocycles. The van der Waals surface area contributed by atoms with Crippen LogP contribution in [-0.2, 0) is 9.53 Å². The van der Waals surface area contributed by atoms with E-state index in [-0.39, 0.29) is 24.1 Å². The molecule has 124 valence electrons. The quantitative estimate of drug-likeness (QED) is 0.883. The van der Waals surface area contributed by atoms with Gasteiger partial charge < -0.3 is 20.5 Å². The van der Waals surface area contributed by atoms with E-state index in [1.165, 1.54) is 19.2 Å². The van der Waals surface area contributed by atoms with E-state index in [1.807, 2.05) is 0 Å². The second-order valence-electron chi connectivity index (χ2n) is 5.35. The van der Waals surface area contributed by atoms with Gasteiger partial charge in [-0.25, -0.2) is 4.39 Å². The van der Waals surface area contributed by atoms with Crippen LogP contribution >= 0.6 is 12.4 Å². The lowest BCUT2D eigenvalue weighted by Crippen LogP contribution is -2.57. The minimum Gasteiger partial charge on any atom is -0.496 e. The number of rotatable bonds is 4. The third kappa shape index (κ3) is 4.09. The summed E-state index contributed by atoms with van der Waals surface area (Å²) in [5.74, 6) is -0.0905. The van der Waals surface area contributed by atoms with Crippen LogP contribution in [0.25, 0.3) is 0 Å². The van der Waals surface area contributed by atoms with Gasteiger partial charge in [0.05, 0.1) is 18.7 Å². The molecule has 0 aromatic heterocycles. The fourth-order valence-electron chi connectivity index (χ4n) is 2.42. The molecular weight excluding hydrogens is 311 g/mol. The summed E-state index contributed by atoms with van der Waals surface area (Å²) in [6.45, 7) is 2.72. The molecule has 5 nitrogen and oxygen atoms in total. The predicted molar refractivity (Wildman–Crippen MR) is 83.7 cm³/mol. The Morgan fingerprint density at radius 2 is 2.09 bits per heavy atom. The van der Waals surface area contributed by atoms with Gasteiger partial charge in [-0.3, -0.25) is 4.79 Å². The number of benzene rings is 1. The molecule has 0 bridgehead atoms. The molecule has 2 rings (SSSR count). The van der Waals surface area contributed by atoms with Crippen molar-refractivity contribution in [2.24, 2.45) is 5.73 Å². The van der Waals surface area contributed by atoms with Crippen LogP contribution in [0.2, 0.25) is 0 Å². The van der Waals surface area contributed by atoms with Gasteiger partial charge in [-0.1, -0.05) is 0 Å². The van der Waals surface area contributed by atoms with Gasteiger partial charge >= 0.3 is 0 Å². The van der Waals surface area contributed by atoms with Crippen LogP contribution in [0.1, 0.15) is 31.4 Å². The second-order valence-corrected chi connectivity index (χ2v) is 5.35. The Morgan fingerprint density at radius 3 is 2.68 bits per heavy atom. The zero-order chi connectivity index (χ0) is 15.5. The first-order valence-electron chi connectivity index (χ1n) is 6.97. The number of hydrogen-bond donors (Lipinski definition) is 2. The molecule has 1 saturated heterocycles. The van der Waals surface area contributed by atoms with Gasteiger partial charge in [-0.15, -0.1) is 12.4 Å². The normalized spacial score (nSPS) is 18.0. The average Bonchev–Trinajstić information content (AvgIpc) is 2.47. The lowest BCUT2D eigenvalue weighted by atomic mass is 9.90. The minimum absolute atomic E-state index is 0. The van der Waals surface area contributed by atoms with Crippen molar-refractivity contribution in [3.8, 4) is 5.75 Å². The van der Waals surface area contributed by atoms with Crippen molar-refractivity contribution in [3.63, 3.8) is 0 Å². The third-order valence-electron chi connectivity index (χ3n) is 3.84. The van der Waals surface area contributed by atoms with Crippen LogP contribution in [0, 0.1) is 5.82 Å². The van der Waals surface area contributed by atoms with Crippen LogP contribution in [-0.4, -0.2) is 31.8 Å². The standard InChI is InChI=1S/C15H21FN2O3.ClH/c1-10(12-9-11(16)3-4-13(12)20-2)18-14(19)15(17)5-7-21-8-6-15;/h3-4,9-10H,5-8,17H2,1-2H3,(H,18,19);1H. The largest absolute Gasteiger partial charge is 0.496 e. The number of nitrogens with one attached hydrogen (secondary N) is 1. The van der Waals surface area contributed by atoms with Crippen molar-refractivity contribution in [1.82, 2.24) is 5.32 Å². The molecule has 0 spiro atoms. The van der Waals surface area contributed by atoms with Crippen LogP contribution in [0.5, 0.6) is 5.75 Å². The fourth-order valence-corrected chi connectivity index (χ4v) is 2.42. The molecule has 1 heterocycles.